The first-order chi connectivity index (χ1) is 13.6. The summed E-state index contributed by atoms with van der Waals surface area (Å²) in [7, 11) is 0. The number of carbonyl (C=O) groups excluding carboxylic acids is 2. The quantitative estimate of drug-likeness (QED) is 0.674. The lowest BCUT2D eigenvalue weighted by atomic mass is 10.3. The Morgan fingerprint density at radius 1 is 0.893 bits per heavy atom. The third-order valence-corrected chi connectivity index (χ3v) is 6.29. The summed E-state index contributed by atoms with van der Waals surface area (Å²) in [4.78, 5) is 30.9. The minimum absolute atomic E-state index is 0.289. The standard InChI is InChI=1S/C20H16Cl2N2O3S/c21-15-7-6-13(12-16(15)22)24-19(25)17(23-8-10-27-11-9-23)18(20(24)26)28-14-4-2-1-3-5-14/h1-7,12H,8-11H2. The monoisotopic (exact) mass is 434 g/mol. The summed E-state index contributed by atoms with van der Waals surface area (Å²) in [6, 6.07) is 14.3. The van der Waals surface area contributed by atoms with Crippen molar-refractivity contribution in [3.05, 3.63) is 69.2 Å². The number of benzene rings is 2. The zero-order chi connectivity index (χ0) is 19.7. The maximum absolute atomic E-state index is 13.3. The van der Waals surface area contributed by atoms with Gasteiger partial charge in [0.2, 0.25) is 0 Å². The van der Waals surface area contributed by atoms with Crippen molar-refractivity contribution in [3.63, 3.8) is 0 Å². The third-order valence-electron chi connectivity index (χ3n) is 4.47. The van der Waals surface area contributed by atoms with Crippen LogP contribution in [0.4, 0.5) is 5.69 Å². The van der Waals surface area contributed by atoms with Gasteiger partial charge in [0.1, 0.15) is 10.6 Å². The van der Waals surface area contributed by atoms with Gasteiger partial charge in [0.15, 0.2) is 0 Å². The van der Waals surface area contributed by atoms with Gasteiger partial charge >= 0.3 is 0 Å². The van der Waals surface area contributed by atoms with Crippen molar-refractivity contribution >= 4 is 52.5 Å². The molecule has 4 rings (SSSR count). The molecule has 0 unspecified atom stereocenters. The third kappa shape index (κ3) is 3.65. The van der Waals surface area contributed by atoms with Crippen LogP contribution in [0.25, 0.3) is 0 Å². The number of rotatable bonds is 4. The second-order valence-corrected chi connectivity index (χ2v) is 8.13. The first-order valence-electron chi connectivity index (χ1n) is 8.70. The lowest BCUT2D eigenvalue weighted by molar-refractivity contribution is -0.121. The molecule has 0 aliphatic carbocycles. The second kappa shape index (κ2) is 8.17. The minimum Gasteiger partial charge on any atom is -0.378 e. The van der Waals surface area contributed by atoms with E-state index in [-0.39, 0.29) is 16.8 Å². The number of carbonyl (C=O) groups is 2. The second-order valence-electron chi connectivity index (χ2n) is 6.24. The highest BCUT2D eigenvalue weighted by Crippen LogP contribution is 2.39. The molecule has 2 aromatic carbocycles. The molecule has 0 saturated carbocycles. The molecule has 2 aromatic rings. The van der Waals surface area contributed by atoms with Gasteiger partial charge in [0.05, 0.1) is 28.9 Å². The number of imide groups is 1. The van der Waals surface area contributed by atoms with E-state index in [1.807, 2.05) is 35.2 Å². The van der Waals surface area contributed by atoms with Crippen LogP contribution in [0.1, 0.15) is 0 Å². The summed E-state index contributed by atoms with van der Waals surface area (Å²) in [5, 5.41) is 0.654. The van der Waals surface area contributed by atoms with Gasteiger partial charge in [-0.3, -0.25) is 9.59 Å². The molecule has 0 bridgehead atoms. The zero-order valence-electron chi connectivity index (χ0n) is 14.7. The molecule has 28 heavy (non-hydrogen) atoms. The Hall–Kier alpha value is -1.99. The Labute approximate surface area is 176 Å². The van der Waals surface area contributed by atoms with Crippen LogP contribution in [0.15, 0.2) is 64.0 Å². The number of halogens is 2. The highest BCUT2D eigenvalue weighted by Gasteiger charge is 2.42. The number of ether oxygens (including phenoxy) is 1. The fourth-order valence-corrected chi connectivity index (χ4v) is 4.43. The summed E-state index contributed by atoms with van der Waals surface area (Å²) >= 11 is 13.4. The fourth-order valence-electron chi connectivity index (χ4n) is 3.12. The number of anilines is 1. The molecule has 5 nitrogen and oxygen atoms in total. The SMILES string of the molecule is O=C1C(Sc2ccccc2)=C(N2CCOCC2)C(=O)N1c1ccc(Cl)c(Cl)c1. The molecule has 2 heterocycles. The molecule has 1 saturated heterocycles. The Kier molecular flexibility index (Phi) is 5.64. The van der Waals surface area contributed by atoms with Crippen LogP contribution in [0.2, 0.25) is 10.0 Å². The van der Waals surface area contributed by atoms with Crippen LogP contribution >= 0.6 is 35.0 Å². The van der Waals surface area contributed by atoms with Crippen LogP contribution in [-0.4, -0.2) is 43.0 Å². The first kappa shape index (κ1) is 19.3. The Balaban J connectivity index is 1.75. The molecule has 144 valence electrons. The number of hydrogen-bond donors (Lipinski definition) is 0. The van der Waals surface area contributed by atoms with E-state index >= 15 is 0 Å². The molecule has 0 aromatic heterocycles. The number of morpholine rings is 1. The van der Waals surface area contributed by atoms with Crippen molar-refractivity contribution in [1.82, 2.24) is 4.90 Å². The maximum atomic E-state index is 13.3. The van der Waals surface area contributed by atoms with E-state index in [0.29, 0.717) is 47.6 Å². The molecule has 2 aliphatic rings. The average Bonchev–Trinajstić information content (AvgIpc) is 2.95. The molecule has 0 atom stereocenters. The van der Waals surface area contributed by atoms with E-state index < -0.39 is 0 Å². The number of hydrogen-bond acceptors (Lipinski definition) is 5. The molecule has 0 N–H and O–H groups in total. The predicted molar refractivity (Wildman–Crippen MR) is 111 cm³/mol. The Morgan fingerprint density at radius 2 is 1.61 bits per heavy atom. The maximum Gasteiger partial charge on any atom is 0.283 e. The number of nitrogens with zero attached hydrogens (tertiary/aromatic N) is 2. The van der Waals surface area contributed by atoms with Gasteiger partial charge in [-0.25, -0.2) is 4.90 Å². The smallest absolute Gasteiger partial charge is 0.283 e. The van der Waals surface area contributed by atoms with Gasteiger partial charge in [0.25, 0.3) is 11.8 Å². The molecule has 1 fully saturated rings. The van der Waals surface area contributed by atoms with E-state index in [0.717, 1.165) is 9.80 Å². The van der Waals surface area contributed by atoms with Gasteiger partial charge in [0, 0.05) is 18.0 Å². The van der Waals surface area contributed by atoms with Crippen molar-refractivity contribution < 1.29 is 14.3 Å². The highest BCUT2D eigenvalue weighted by atomic mass is 35.5. The molecular formula is C20H16Cl2N2O3S. The summed E-state index contributed by atoms with van der Waals surface area (Å²) in [5.41, 5.74) is 0.812. The normalized spacial score (nSPS) is 17.6. The summed E-state index contributed by atoms with van der Waals surface area (Å²) in [5.74, 6) is -0.720. The van der Waals surface area contributed by atoms with Gasteiger partial charge in [-0.2, -0.15) is 0 Å². The van der Waals surface area contributed by atoms with Crippen LogP contribution in [0.3, 0.4) is 0 Å². The molecular weight excluding hydrogens is 419 g/mol. The zero-order valence-corrected chi connectivity index (χ0v) is 17.1. The lowest BCUT2D eigenvalue weighted by Gasteiger charge is -2.29. The largest absolute Gasteiger partial charge is 0.378 e. The highest BCUT2D eigenvalue weighted by molar-refractivity contribution is 8.04. The van der Waals surface area contributed by atoms with Crippen molar-refractivity contribution in [3.8, 4) is 0 Å². The van der Waals surface area contributed by atoms with Crippen molar-refractivity contribution in [2.75, 3.05) is 31.2 Å². The topological polar surface area (TPSA) is 49.9 Å². The van der Waals surface area contributed by atoms with Crippen LogP contribution in [0.5, 0.6) is 0 Å². The molecule has 2 aliphatic heterocycles. The molecule has 0 radical (unpaired) electrons. The van der Waals surface area contributed by atoms with Crippen LogP contribution in [-0.2, 0) is 14.3 Å². The molecule has 2 amide bonds. The van der Waals surface area contributed by atoms with E-state index in [9.17, 15) is 9.59 Å². The summed E-state index contributed by atoms with van der Waals surface area (Å²) in [6.45, 7) is 2.15. The van der Waals surface area contributed by atoms with Crippen molar-refractivity contribution in [1.29, 1.82) is 0 Å². The fraction of sp³-hybridized carbons (Fsp3) is 0.200. The van der Waals surface area contributed by atoms with Crippen LogP contribution in [0, 0.1) is 0 Å². The van der Waals surface area contributed by atoms with E-state index in [4.69, 9.17) is 27.9 Å². The van der Waals surface area contributed by atoms with E-state index in [1.165, 1.54) is 17.8 Å². The van der Waals surface area contributed by atoms with E-state index in [1.54, 1.807) is 12.1 Å². The van der Waals surface area contributed by atoms with Gasteiger partial charge in [-0.05, 0) is 30.3 Å². The summed E-state index contributed by atoms with van der Waals surface area (Å²) < 4.78 is 5.40. The van der Waals surface area contributed by atoms with Gasteiger partial charge < -0.3 is 9.64 Å². The number of thioether (sulfide) groups is 1. The van der Waals surface area contributed by atoms with Gasteiger partial charge in [-0.1, -0.05) is 53.2 Å². The molecule has 8 heteroatoms. The van der Waals surface area contributed by atoms with Crippen molar-refractivity contribution in [2.45, 2.75) is 4.90 Å². The first-order valence-corrected chi connectivity index (χ1v) is 10.3. The molecule has 0 spiro atoms. The van der Waals surface area contributed by atoms with Gasteiger partial charge in [-0.15, -0.1) is 0 Å². The van der Waals surface area contributed by atoms with Crippen molar-refractivity contribution in [2.24, 2.45) is 0 Å². The lowest BCUT2D eigenvalue weighted by Crippen LogP contribution is -2.40. The van der Waals surface area contributed by atoms with Crippen LogP contribution < -0.4 is 4.90 Å². The predicted octanol–water partition coefficient (Wildman–Crippen LogP) is 4.20. The minimum atomic E-state index is -0.362. The average molecular weight is 435 g/mol. The van der Waals surface area contributed by atoms with E-state index in [2.05, 4.69) is 0 Å². The Bertz CT molecular complexity index is 959. The Morgan fingerprint density at radius 3 is 2.29 bits per heavy atom. The number of amides is 2. The summed E-state index contributed by atoms with van der Waals surface area (Å²) in [6.07, 6.45) is 0.